The number of rotatable bonds is 5. The molecule has 0 radical (unpaired) electrons. The van der Waals surface area contributed by atoms with Crippen LogP contribution in [0.2, 0.25) is 0 Å². The predicted octanol–water partition coefficient (Wildman–Crippen LogP) is 3.20. The van der Waals surface area contributed by atoms with E-state index < -0.39 is 0 Å². The zero-order chi connectivity index (χ0) is 19.7. The molecule has 1 saturated heterocycles. The number of hydrogen-bond acceptors (Lipinski definition) is 3. The maximum absolute atomic E-state index is 12.7. The van der Waals surface area contributed by atoms with Crippen LogP contribution in [0.1, 0.15) is 27.4 Å². The van der Waals surface area contributed by atoms with Crippen LogP contribution in [0.5, 0.6) is 0 Å². The molecule has 4 rings (SSSR count). The van der Waals surface area contributed by atoms with Gasteiger partial charge >= 0.3 is 0 Å². The van der Waals surface area contributed by atoms with Gasteiger partial charge in [0, 0.05) is 49.1 Å². The number of anilines is 1. The van der Waals surface area contributed by atoms with Gasteiger partial charge in [-0.1, -0.05) is 30.3 Å². The lowest BCUT2D eigenvalue weighted by atomic mass is 9.90. The van der Waals surface area contributed by atoms with E-state index in [1.807, 2.05) is 43.4 Å². The van der Waals surface area contributed by atoms with E-state index in [9.17, 15) is 9.59 Å². The van der Waals surface area contributed by atoms with Crippen molar-refractivity contribution >= 4 is 18.0 Å². The molecular formula is C22H22N4O2. The molecule has 1 N–H and O–H groups in total. The van der Waals surface area contributed by atoms with Gasteiger partial charge in [0.2, 0.25) is 6.41 Å². The Bertz CT molecular complexity index is 1020. The van der Waals surface area contributed by atoms with Crippen LogP contribution in [0.3, 0.4) is 0 Å². The summed E-state index contributed by atoms with van der Waals surface area (Å²) >= 11 is 0. The van der Waals surface area contributed by atoms with Crippen LogP contribution in [0.25, 0.3) is 11.1 Å². The Labute approximate surface area is 163 Å². The van der Waals surface area contributed by atoms with Gasteiger partial charge < -0.3 is 10.2 Å². The van der Waals surface area contributed by atoms with Crippen molar-refractivity contribution in [2.75, 3.05) is 18.4 Å². The van der Waals surface area contributed by atoms with E-state index in [4.69, 9.17) is 0 Å². The third-order valence-corrected chi connectivity index (χ3v) is 5.29. The van der Waals surface area contributed by atoms with Crippen LogP contribution in [0.4, 0.5) is 5.69 Å². The highest BCUT2D eigenvalue weighted by molar-refractivity contribution is 5.96. The standard InChI is InChI=1S/C22H22N4O2/c1-15-3-4-18(9-21(15)23-14-27)22(28)26-12-20(13-26)17-7-5-16(6-8-17)19-10-24-25(2)11-19/h3-11,14,20H,12-13H2,1-2H3,(H,23,27). The van der Waals surface area contributed by atoms with Crippen LogP contribution < -0.4 is 5.32 Å². The number of aryl methyl sites for hydroxylation is 2. The number of benzene rings is 2. The Morgan fingerprint density at radius 1 is 1.14 bits per heavy atom. The molecule has 1 aromatic heterocycles. The highest BCUT2D eigenvalue weighted by Gasteiger charge is 2.32. The number of amides is 2. The minimum absolute atomic E-state index is 0.00261. The van der Waals surface area contributed by atoms with Gasteiger partial charge in [-0.05, 0) is 35.7 Å². The van der Waals surface area contributed by atoms with Crippen molar-refractivity contribution in [1.29, 1.82) is 0 Å². The van der Waals surface area contributed by atoms with E-state index in [1.54, 1.807) is 10.7 Å². The first-order chi connectivity index (χ1) is 13.5. The maximum Gasteiger partial charge on any atom is 0.253 e. The van der Waals surface area contributed by atoms with Crippen LogP contribution in [-0.4, -0.2) is 40.1 Å². The number of likely N-dealkylation sites (tertiary alicyclic amines) is 1. The number of carbonyl (C=O) groups excluding carboxylic acids is 2. The molecule has 2 heterocycles. The molecule has 2 amide bonds. The summed E-state index contributed by atoms with van der Waals surface area (Å²) in [6, 6.07) is 13.9. The molecule has 1 aliphatic rings. The van der Waals surface area contributed by atoms with Gasteiger partial charge in [0.15, 0.2) is 0 Å². The second kappa shape index (κ2) is 7.31. The molecule has 6 heteroatoms. The minimum Gasteiger partial charge on any atom is -0.337 e. The average molecular weight is 374 g/mol. The van der Waals surface area contributed by atoms with E-state index in [1.165, 1.54) is 5.56 Å². The molecule has 1 aliphatic heterocycles. The second-order valence-electron chi connectivity index (χ2n) is 7.22. The Balaban J connectivity index is 1.41. The van der Waals surface area contributed by atoms with Crippen molar-refractivity contribution in [3.05, 3.63) is 71.5 Å². The van der Waals surface area contributed by atoms with Crippen molar-refractivity contribution in [2.24, 2.45) is 7.05 Å². The molecule has 0 bridgehead atoms. The highest BCUT2D eigenvalue weighted by atomic mass is 16.2. The monoisotopic (exact) mass is 374 g/mol. The summed E-state index contributed by atoms with van der Waals surface area (Å²) < 4.78 is 1.79. The summed E-state index contributed by atoms with van der Waals surface area (Å²) in [5.74, 6) is 0.349. The Morgan fingerprint density at radius 3 is 2.54 bits per heavy atom. The number of nitrogens with zero attached hydrogens (tertiary/aromatic N) is 3. The Morgan fingerprint density at radius 2 is 1.89 bits per heavy atom. The number of carbonyl (C=O) groups is 2. The number of nitrogens with one attached hydrogen (secondary N) is 1. The first kappa shape index (κ1) is 18.0. The molecule has 0 saturated carbocycles. The molecule has 0 aliphatic carbocycles. The van der Waals surface area contributed by atoms with Gasteiger partial charge in [0.25, 0.3) is 5.91 Å². The highest BCUT2D eigenvalue weighted by Crippen LogP contribution is 2.30. The third-order valence-electron chi connectivity index (χ3n) is 5.29. The summed E-state index contributed by atoms with van der Waals surface area (Å²) in [5.41, 5.74) is 5.67. The summed E-state index contributed by atoms with van der Waals surface area (Å²) in [4.78, 5) is 25.3. The van der Waals surface area contributed by atoms with Crippen molar-refractivity contribution < 1.29 is 9.59 Å². The zero-order valence-corrected chi connectivity index (χ0v) is 15.9. The van der Waals surface area contributed by atoms with Gasteiger partial charge in [-0.25, -0.2) is 0 Å². The smallest absolute Gasteiger partial charge is 0.253 e. The normalized spacial score (nSPS) is 13.9. The van der Waals surface area contributed by atoms with Crippen LogP contribution >= 0.6 is 0 Å². The summed E-state index contributed by atoms with van der Waals surface area (Å²) in [6.07, 6.45) is 4.48. The summed E-state index contributed by atoms with van der Waals surface area (Å²) in [5, 5.41) is 6.85. The molecule has 1 fully saturated rings. The third kappa shape index (κ3) is 3.41. The van der Waals surface area contributed by atoms with Crippen LogP contribution in [-0.2, 0) is 11.8 Å². The second-order valence-corrected chi connectivity index (χ2v) is 7.22. The molecule has 6 nitrogen and oxygen atoms in total. The lowest BCUT2D eigenvalue weighted by molar-refractivity contribution is -0.105. The minimum atomic E-state index is -0.00261. The number of aromatic nitrogens is 2. The van der Waals surface area contributed by atoms with E-state index in [2.05, 4.69) is 34.7 Å². The summed E-state index contributed by atoms with van der Waals surface area (Å²) in [7, 11) is 1.91. The largest absolute Gasteiger partial charge is 0.337 e. The van der Waals surface area contributed by atoms with Crippen LogP contribution in [0, 0.1) is 6.92 Å². The first-order valence-corrected chi connectivity index (χ1v) is 9.24. The molecular weight excluding hydrogens is 352 g/mol. The van der Waals surface area contributed by atoms with Crippen molar-refractivity contribution in [1.82, 2.24) is 14.7 Å². The van der Waals surface area contributed by atoms with Gasteiger partial charge in [0.1, 0.15) is 0 Å². The van der Waals surface area contributed by atoms with Gasteiger partial charge in [-0.2, -0.15) is 5.10 Å². The zero-order valence-electron chi connectivity index (χ0n) is 15.9. The quantitative estimate of drug-likeness (QED) is 0.698. The molecule has 0 unspecified atom stereocenters. The molecule has 0 atom stereocenters. The predicted molar refractivity (Wildman–Crippen MR) is 108 cm³/mol. The molecule has 0 spiro atoms. The summed E-state index contributed by atoms with van der Waals surface area (Å²) in [6.45, 7) is 3.31. The molecule has 142 valence electrons. The SMILES string of the molecule is Cc1ccc(C(=O)N2CC(c3ccc(-c4cnn(C)c4)cc3)C2)cc1NC=O. The van der Waals surface area contributed by atoms with E-state index in [0.717, 1.165) is 16.7 Å². The fraction of sp³-hybridized carbons (Fsp3) is 0.227. The van der Waals surface area contributed by atoms with Gasteiger partial charge in [-0.15, -0.1) is 0 Å². The van der Waals surface area contributed by atoms with Crippen molar-refractivity contribution in [3.8, 4) is 11.1 Å². The number of hydrogen-bond donors (Lipinski definition) is 1. The topological polar surface area (TPSA) is 67.2 Å². The lowest BCUT2D eigenvalue weighted by Crippen LogP contribution is -2.48. The fourth-order valence-corrected chi connectivity index (χ4v) is 3.53. The van der Waals surface area contributed by atoms with Gasteiger partial charge in [-0.3, -0.25) is 14.3 Å². The maximum atomic E-state index is 12.7. The van der Waals surface area contributed by atoms with Crippen molar-refractivity contribution in [3.63, 3.8) is 0 Å². The lowest BCUT2D eigenvalue weighted by Gasteiger charge is -2.39. The molecule has 3 aromatic rings. The van der Waals surface area contributed by atoms with Crippen LogP contribution in [0.15, 0.2) is 54.9 Å². The Kier molecular flexibility index (Phi) is 4.69. The fourth-order valence-electron chi connectivity index (χ4n) is 3.53. The van der Waals surface area contributed by atoms with E-state index in [-0.39, 0.29) is 5.91 Å². The van der Waals surface area contributed by atoms with E-state index in [0.29, 0.717) is 36.7 Å². The Hall–Kier alpha value is -3.41. The van der Waals surface area contributed by atoms with Gasteiger partial charge in [0.05, 0.1) is 6.20 Å². The molecule has 2 aromatic carbocycles. The molecule has 28 heavy (non-hydrogen) atoms. The van der Waals surface area contributed by atoms with Crippen molar-refractivity contribution in [2.45, 2.75) is 12.8 Å². The first-order valence-electron chi connectivity index (χ1n) is 9.24. The van der Waals surface area contributed by atoms with E-state index >= 15 is 0 Å². The average Bonchev–Trinajstić information content (AvgIpc) is 3.09.